The minimum Gasteiger partial charge on any atom is -0.465 e. The molecule has 39 heavy (non-hydrogen) atoms. The van der Waals surface area contributed by atoms with Crippen molar-refractivity contribution < 1.29 is 32.6 Å². The van der Waals surface area contributed by atoms with Gasteiger partial charge in [0.05, 0.1) is 26.3 Å². The Kier molecular flexibility index (Phi) is 9.60. The molecule has 0 bridgehead atoms. The number of thiophene rings is 1. The molecule has 3 rings (SSSR count). The molecular weight excluding hydrogens is 530 g/mol. The van der Waals surface area contributed by atoms with Crippen molar-refractivity contribution in [2.75, 3.05) is 52.6 Å². The number of halogens is 2. The monoisotopic (exact) mass is 560 g/mol. The maximum Gasteiger partial charge on any atom is 0.414 e. The van der Waals surface area contributed by atoms with E-state index in [0.717, 1.165) is 35.5 Å². The fourth-order valence-electron chi connectivity index (χ4n) is 3.77. The molecule has 12 heteroatoms. The molecule has 1 N–H and O–H groups in total. The standard InChI is InChI=1S/C27H30F2N4O5S/c1-31(2)14-19-22(25(34)37-5)24(33(27(36)38-6)15-18-20(28)8-7-9-21(18)29)39-23(19)16-10-12-17(13-11-16)30-26(35)32(3)4/h7-13H,14-15H2,1-6H3,(H,30,35). The fourth-order valence-corrected chi connectivity index (χ4v) is 5.06. The average molecular weight is 561 g/mol. The van der Waals surface area contributed by atoms with Crippen LogP contribution in [-0.4, -0.2) is 70.3 Å². The van der Waals surface area contributed by atoms with Crippen LogP contribution in [0.5, 0.6) is 0 Å². The summed E-state index contributed by atoms with van der Waals surface area (Å²) in [6.45, 7) is -0.232. The summed E-state index contributed by atoms with van der Waals surface area (Å²) in [5.41, 5.74) is 1.53. The zero-order valence-electron chi connectivity index (χ0n) is 22.5. The summed E-state index contributed by atoms with van der Waals surface area (Å²) in [4.78, 5) is 43.0. The van der Waals surface area contributed by atoms with Crippen LogP contribution in [0.1, 0.15) is 21.5 Å². The molecule has 3 aromatic rings. The van der Waals surface area contributed by atoms with Gasteiger partial charge < -0.3 is 24.6 Å². The van der Waals surface area contributed by atoms with E-state index >= 15 is 0 Å². The molecule has 1 heterocycles. The molecule has 1 aromatic heterocycles. The summed E-state index contributed by atoms with van der Waals surface area (Å²) in [5.74, 6) is -2.41. The second-order valence-electron chi connectivity index (χ2n) is 8.98. The Morgan fingerprint density at radius 2 is 1.49 bits per heavy atom. The number of nitrogens with one attached hydrogen (secondary N) is 1. The number of nitrogens with zero attached hydrogens (tertiary/aromatic N) is 3. The van der Waals surface area contributed by atoms with Gasteiger partial charge in [-0.15, -0.1) is 11.3 Å². The number of hydrogen-bond acceptors (Lipinski definition) is 7. The molecule has 0 unspecified atom stereocenters. The molecule has 9 nitrogen and oxygen atoms in total. The van der Waals surface area contributed by atoms with Crippen molar-refractivity contribution in [3.8, 4) is 10.4 Å². The summed E-state index contributed by atoms with van der Waals surface area (Å²) >= 11 is 1.09. The second kappa shape index (κ2) is 12.7. The molecule has 0 saturated carbocycles. The molecule has 0 aliphatic rings. The average Bonchev–Trinajstić information content (AvgIpc) is 3.25. The van der Waals surface area contributed by atoms with E-state index in [9.17, 15) is 23.2 Å². The third kappa shape index (κ3) is 6.70. The van der Waals surface area contributed by atoms with Gasteiger partial charge in [0.25, 0.3) is 0 Å². The predicted molar refractivity (Wildman–Crippen MR) is 146 cm³/mol. The van der Waals surface area contributed by atoms with Gasteiger partial charge in [0.15, 0.2) is 0 Å². The largest absolute Gasteiger partial charge is 0.465 e. The Bertz CT molecular complexity index is 1340. The normalized spacial score (nSPS) is 10.8. The smallest absolute Gasteiger partial charge is 0.414 e. The van der Waals surface area contributed by atoms with Gasteiger partial charge in [0.2, 0.25) is 0 Å². The lowest BCUT2D eigenvalue weighted by Crippen LogP contribution is -2.32. The maximum atomic E-state index is 14.6. The highest BCUT2D eigenvalue weighted by Crippen LogP contribution is 2.44. The van der Waals surface area contributed by atoms with E-state index in [1.54, 1.807) is 38.4 Å². The molecule has 0 atom stereocenters. The quantitative estimate of drug-likeness (QED) is 0.371. The van der Waals surface area contributed by atoms with E-state index in [0.29, 0.717) is 28.2 Å². The predicted octanol–water partition coefficient (Wildman–Crippen LogP) is 5.41. The second-order valence-corrected chi connectivity index (χ2v) is 9.98. The van der Waals surface area contributed by atoms with Gasteiger partial charge in [-0.25, -0.2) is 23.2 Å². The summed E-state index contributed by atoms with van der Waals surface area (Å²) < 4.78 is 39.1. The minimum atomic E-state index is -0.909. The van der Waals surface area contributed by atoms with Gasteiger partial charge >= 0.3 is 18.1 Å². The number of amides is 3. The first-order valence-corrected chi connectivity index (χ1v) is 12.6. The van der Waals surface area contributed by atoms with Crippen molar-refractivity contribution in [2.45, 2.75) is 13.1 Å². The number of urea groups is 1. The van der Waals surface area contributed by atoms with E-state index in [1.165, 1.54) is 18.1 Å². The van der Waals surface area contributed by atoms with Crippen molar-refractivity contribution >= 4 is 40.1 Å². The third-order valence-electron chi connectivity index (χ3n) is 5.67. The molecule has 0 saturated heterocycles. The van der Waals surface area contributed by atoms with Crippen molar-refractivity contribution in [2.24, 2.45) is 0 Å². The number of rotatable bonds is 8. The Balaban J connectivity index is 2.21. The van der Waals surface area contributed by atoms with Crippen LogP contribution in [0.2, 0.25) is 0 Å². The molecule has 3 amide bonds. The van der Waals surface area contributed by atoms with Crippen LogP contribution < -0.4 is 10.2 Å². The van der Waals surface area contributed by atoms with E-state index in [2.05, 4.69) is 5.32 Å². The lowest BCUT2D eigenvalue weighted by Gasteiger charge is -2.22. The molecule has 0 radical (unpaired) electrons. The first-order valence-electron chi connectivity index (χ1n) is 11.7. The van der Waals surface area contributed by atoms with Crippen LogP contribution in [0.3, 0.4) is 0 Å². The highest BCUT2D eigenvalue weighted by molar-refractivity contribution is 7.20. The maximum absolute atomic E-state index is 14.6. The number of anilines is 2. The number of carbonyl (C=O) groups is 3. The van der Waals surface area contributed by atoms with Gasteiger partial charge in [-0.1, -0.05) is 18.2 Å². The summed E-state index contributed by atoms with van der Waals surface area (Å²) in [6, 6.07) is 10.0. The lowest BCUT2D eigenvalue weighted by atomic mass is 10.0. The summed E-state index contributed by atoms with van der Waals surface area (Å²) in [6.07, 6.45) is -0.909. The number of esters is 1. The van der Waals surface area contributed by atoms with Crippen LogP contribution >= 0.6 is 11.3 Å². The number of benzene rings is 2. The van der Waals surface area contributed by atoms with Crippen LogP contribution in [0.15, 0.2) is 42.5 Å². The van der Waals surface area contributed by atoms with Crippen LogP contribution in [0, 0.1) is 11.6 Å². The number of ether oxygens (including phenoxy) is 2. The fraction of sp³-hybridized carbons (Fsp3) is 0.296. The van der Waals surface area contributed by atoms with Crippen molar-refractivity contribution in [1.29, 1.82) is 0 Å². The first kappa shape index (κ1) is 29.5. The Morgan fingerprint density at radius 3 is 2.00 bits per heavy atom. The molecule has 208 valence electrons. The number of hydrogen-bond donors (Lipinski definition) is 1. The van der Waals surface area contributed by atoms with Crippen LogP contribution in [0.25, 0.3) is 10.4 Å². The molecule has 0 spiro atoms. The topological polar surface area (TPSA) is 91.4 Å². The van der Waals surface area contributed by atoms with Gasteiger partial charge in [-0.05, 0) is 43.9 Å². The Morgan fingerprint density at radius 1 is 0.872 bits per heavy atom. The van der Waals surface area contributed by atoms with Gasteiger partial charge in [0, 0.05) is 42.3 Å². The molecule has 0 aliphatic heterocycles. The van der Waals surface area contributed by atoms with E-state index in [1.807, 2.05) is 19.0 Å². The Labute approximate surface area is 229 Å². The molecular formula is C27H30F2N4O5S. The third-order valence-corrected chi connectivity index (χ3v) is 6.98. The van der Waals surface area contributed by atoms with E-state index in [4.69, 9.17) is 9.47 Å². The minimum absolute atomic E-state index is 0.0818. The van der Waals surface area contributed by atoms with Crippen LogP contribution in [0.4, 0.5) is 29.1 Å². The highest BCUT2D eigenvalue weighted by atomic mass is 32.1. The zero-order valence-corrected chi connectivity index (χ0v) is 23.3. The van der Waals surface area contributed by atoms with Gasteiger partial charge in [-0.2, -0.15) is 0 Å². The number of carbonyl (C=O) groups excluding carboxylic acids is 3. The van der Waals surface area contributed by atoms with Crippen molar-refractivity contribution in [1.82, 2.24) is 9.80 Å². The summed E-state index contributed by atoms with van der Waals surface area (Å²) in [7, 11) is 9.23. The highest BCUT2D eigenvalue weighted by Gasteiger charge is 2.32. The van der Waals surface area contributed by atoms with Crippen molar-refractivity contribution in [3.63, 3.8) is 0 Å². The van der Waals surface area contributed by atoms with Gasteiger partial charge in [0.1, 0.15) is 16.6 Å². The SMILES string of the molecule is COC(=O)c1c(N(Cc2c(F)cccc2F)C(=O)OC)sc(-c2ccc(NC(=O)N(C)C)cc2)c1CN(C)C. The lowest BCUT2D eigenvalue weighted by molar-refractivity contribution is 0.0600. The number of methoxy groups -OCH3 is 2. The zero-order chi connectivity index (χ0) is 28.9. The molecule has 0 fully saturated rings. The van der Waals surface area contributed by atoms with Crippen LogP contribution in [-0.2, 0) is 22.6 Å². The summed E-state index contributed by atoms with van der Waals surface area (Å²) in [5, 5.41) is 2.88. The Hall–Kier alpha value is -4.03. The first-order chi connectivity index (χ1) is 18.5. The van der Waals surface area contributed by atoms with E-state index in [-0.39, 0.29) is 22.2 Å². The molecule has 0 aliphatic carbocycles. The molecule has 2 aromatic carbocycles. The van der Waals surface area contributed by atoms with Crippen molar-refractivity contribution in [3.05, 3.63) is 70.8 Å². The van der Waals surface area contributed by atoms with Gasteiger partial charge in [-0.3, -0.25) is 4.90 Å². The van der Waals surface area contributed by atoms with E-state index < -0.39 is 30.2 Å².